The van der Waals surface area contributed by atoms with Gasteiger partial charge in [0.1, 0.15) is 26.2 Å². The Hall–Kier alpha value is -1.63. The van der Waals surface area contributed by atoms with Crippen LogP contribution >= 0.6 is 11.6 Å². The molecule has 1 heterocycles. The predicted molar refractivity (Wildman–Crippen MR) is 120 cm³/mol. The molecular weight excluding hydrogens is 400 g/mol. The van der Waals surface area contributed by atoms with Gasteiger partial charge in [0, 0.05) is 6.04 Å². The third-order valence-corrected chi connectivity index (χ3v) is 7.53. The van der Waals surface area contributed by atoms with Gasteiger partial charge in [0.2, 0.25) is 0 Å². The number of carbonyl (C=O) groups is 2. The molecule has 0 bridgehead atoms. The van der Waals surface area contributed by atoms with E-state index in [9.17, 15) is 9.59 Å². The van der Waals surface area contributed by atoms with E-state index in [0.29, 0.717) is 35.1 Å². The normalized spacial score (nSPS) is 30.3. The zero-order valence-corrected chi connectivity index (χ0v) is 19.2. The lowest BCUT2D eigenvalue weighted by atomic mass is 9.78. The summed E-state index contributed by atoms with van der Waals surface area (Å²) < 4.78 is 0. The van der Waals surface area contributed by atoms with Crippen molar-refractivity contribution in [1.29, 1.82) is 0 Å². The van der Waals surface area contributed by atoms with Crippen LogP contribution < -0.4 is 20.4 Å². The molecule has 6 nitrogen and oxygen atoms in total. The van der Waals surface area contributed by atoms with Gasteiger partial charge in [-0.25, -0.2) is 0 Å². The van der Waals surface area contributed by atoms with E-state index >= 15 is 0 Å². The third kappa shape index (κ3) is 5.96. The lowest BCUT2D eigenvalue weighted by Crippen LogP contribution is -3.30. The molecule has 30 heavy (non-hydrogen) atoms. The summed E-state index contributed by atoms with van der Waals surface area (Å²) in [5.41, 5.74) is 0.657. The molecule has 4 atom stereocenters. The van der Waals surface area contributed by atoms with Crippen LogP contribution in [0.4, 0.5) is 5.69 Å². The smallest absolute Gasteiger partial charge is 0.279 e. The van der Waals surface area contributed by atoms with Crippen LogP contribution in [0, 0.1) is 11.8 Å². The molecule has 166 valence electrons. The number of nitrogens with one attached hydrogen (secondary N) is 4. The SMILES string of the molecule is C[C@H]1[C@@H](NC(=O)[C@@H](C)[NH+]2CC[NH+](CC(=O)Nc3ccccc3Cl)CC2)CCC[C@@H]1C. The molecule has 0 aromatic heterocycles. The monoisotopic (exact) mass is 436 g/mol. The van der Waals surface area contributed by atoms with E-state index in [-0.39, 0.29) is 17.9 Å². The fourth-order valence-electron chi connectivity index (χ4n) is 4.80. The number of piperazine rings is 1. The van der Waals surface area contributed by atoms with Crippen LogP contribution in [-0.2, 0) is 9.59 Å². The predicted octanol–water partition coefficient (Wildman–Crippen LogP) is 0.391. The largest absolute Gasteiger partial charge is 0.348 e. The highest BCUT2D eigenvalue weighted by molar-refractivity contribution is 6.33. The Morgan fingerprint density at radius 2 is 1.83 bits per heavy atom. The second kappa shape index (κ2) is 10.6. The van der Waals surface area contributed by atoms with Gasteiger partial charge in [-0.2, -0.15) is 0 Å². The summed E-state index contributed by atoms with van der Waals surface area (Å²) in [6.45, 7) is 10.6. The van der Waals surface area contributed by atoms with E-state index in [0.717, 1.165) is 32.6 Å². The van der Waals surface area contributed by atoms with Crippen molar-refractivity contribution < 1.29 is 19.4 Å². The van der Waals surface area contributed by atoms with Gasteiger partial charge >= 0.3 is 0 Å². The summed E-state index contributed by atoms with van der Waals surface area (Å²) in [7, 11) is 0. The maximum Gasteiger partial charge on any atom is 0.279 e. The van der Waals surface area contributed by atoms with Crippen molar-refractivity contribution in [1.82, 2.24) is 5.32 Å². The van der Waals surface area contributed by atoms with Crippen molar-refractivity contribution in [3.05, 3.63) is 29.3 Å². The van der Waals surface area contributed by atoms with Crippen LogP contribution in [0.25, 0.3) is 0 Å². The quantitative estimate of drug-likeness (QED) is 0.521. The summed E-state index contributed by atoms with van der Waals surface area (Å²) in [4.78, 5) is 27.8. The average molecular weight is 437 g/mol. The van der Waals surface area contributed by atoms with E-state index in [1.807, 2.05) is 25.1 Å². The number of anilines is 1. The third-order valence-electron chi connectivity index (χ3n) is 7.20. The molecule has 1 saturated heterocycles. The number of amides is 2. The molecule has 3 rings (SSSR count). The number of hydrogen-bond donors (Lipinski definition) is 4. The molecule has 2 aliphatic rings. The van der Waals surface area contributed by atoms with E-state index in [4.69, 9.17) is 11.6 Å². The van der Waals surface area contributed by atoms with E-state index in [1.165, 1.54) is 22.6 Å². The molecule has 4 N–H and O–H groups in total. The number of carbonyl (C=O) groups excluding carboxylic acids is 2. The Bertz CT molecular complexity index is 736. The minimum absolute atomic E-state index is 0.0206. The summed E-state index contributed by atoms with van der Waals surface area (Å²) in [6.07, 6.45) is 3.57. The first-order valence-corrected chi connectivity index (χ1v) is 11.8. The molecule has 7 heteroatoms. The first-order valence-electron chi connectivity index (χ1n) is 11.4. The molecule has 2 amide bonds. The van der Waals surface area contributed by atoms with Gasteiger partial charge in [0.05, 0.1) is 10.7 Å². The zero-order valence-electron chi connectivity index (χ0n) is 18.5. The van der Waals surface area contributed by atoms with Crippen LogP contribution in [0.5, 0.6) is 0 Å². The number of halogens is 1. The van der Waals surface area contributed by atoms with Crippen LogP contribution in [0.1, 0.15) is 40.0 Å². The average Bonchev–Trinajstić information content (AvgIpc) is 2.73. The Labute approximate surface area is 185 Å². The number of hydrogen-bond acceptors (Lipinski definition) is 2. The number of para-hydroxylation sites is 1. The maximum atomic E-state index is 12.8. The van der Waals surface area contributed by atoms with Crippen LogP contribution in [0.15, 0.2) is 24.3 Å². The highest BCUT2D eigenvalue weighted by Crippen LogP contribution is 2.29. The Morgan fingerprint density at radius 1 is 1.13 bits per heavy atom. The molecule has 1 aliphatic carbocycles. The first-order chi connectivity index (χ1) is 14.3. The molecule has 2 fully saturated rings. The molecule has 1 aliphatic heterocycles. The van der Waals surface area contributed by atoms with Crippen molar-refractivity contribution >= 4 is 29.1 Å². The highest BCUT2D eigenvalue weighted by Gasteiger charge is 2.34. The van der Waals surface area contributed by atoms with Gasteiger partial charge in [-0.05, 0) is 37.3 Å². The standard InChI is InChI=1S/C23H35ClN4O2/c1-16-7-6-10-20(17(16)2)26-23(30)18(3)28-13-11-27(12-14-28)15-22(29)25-21-9-5-4-8-19(21)24/h4-5,8-9,16-18,20H,6-7,10-15H2,1-3H3,(H,25,29)(H,26,30)/p+2/t16-,17+,18+,20-/m0/s1. The highest BCUT2D eigenvalue weighted by atomic mass is 35.5. The van der Waals surface area contributed by atoms with Crippen molar-refractivity contribution in [2.45, 2.75) is 52.1 Å². The molecule has 1 aromatic rings. The number of quaternary nitrogens is 2. The molecule has 1 saturated carbocycles. The second-order valence-corrected chi connectivity index (χ2v) is 9.62. The van der Waals surface area contributed by atoms with Crippen molar-refractivity contribution in [3.8, 4) is 0 Å². The fraction of sp³-hybridized carbons (Fsp3) is 0.652. The molecule has 0 spiro atoms. The first kappa shape index (κ1) is 23.0. The number of benzene rings is 1. The van der Waals surface area contributed by atoms with Crippen molar-refractivity contribution in [3.63, 3.8) is 0 Å². The van der Waals surface area contributed by atoms with Crippen LogP contribution in [-0.4, -0.2) is 56.6 Å². The Balaban J connectivity index is 1.42. The van der Waals surface area contributed by atoms with Gasteiger partial charge in [-0.1, -0.05) is 50.4 Å². The molecule has 0 unspecified atom stereocenters. The Morgan fingerprint density at radius 3 is 2.53 bits per heavy atom. The lowest BCUT2D eigenvalue weighted by molar-refractivity contribution is -1.01. The minimum atomic E-state index is -0.0482. The summed E-state index contributed by atoms with van der Waals surface area (Å²) in [5, 5.41) is 6.78. The van der Waals surface area contributed by atoms with Gasteiger partial charge < -0.3 is 20.4 Å². The maximum absolute atomic E-state index is 12.8. The van der Waals surface area contributed by atoms with E-state index in [2.05, 4.69) is 24.5 Å². The summed E-state index contributed by atoms with van der Waals surface area (Å²) >= 11 is 6.12. The van der Waals surface area contributed by atoms with E-state index < -0.39 is 0 Å². The fourth-order valence-corrected chi connectivity index (χ4v) is 4.98. The lowest BCUT2D eigenvalue weighted by Gasteiger charge is -2.36. The topological polar surface area (TPSA) is 67.1 Å². The Kier molecular flexibility index (Phi) is 8.14. The zero-order chi connectivity index (χ0) is 21.7. The summed E-state index contributed by atoms with van der Waals surface area (Å²) in [6, 6.07) is 7.55. The van der Waals surface area contributed by atoms with E-state index in [1.54, 1.807) is 6.07 Å². The molecule has 0 radical (unpaired) electrons. The van der Waals surface area contributed by atoms with Gasteiger partial charge in [0.15, 0.2) is 12.6 Å². The molecular formula is C23H37ClN4O2+2. The molecule has 1 aromatic carbocycles. The summed E-state index contributed by atoms with van der Waals surface area (Å²) in [5.74, 6) is 1.38. The number of rotatable bonds is 6. The van der Waals surface area contributed by atoms with Crippen LogP contribution in [0.3, 0.4) is 0 Å². The van der Waals surface area contributed by atoms with Gasteiger partial charge in [-0.15, -0.1) is 0 Å². The minimum Gasteiger partial charge on any atom is -0.348 e. The van der Waals surface area contributed by atoms with Gasteiger partial charge in [0.25, 0.3) is 11.8 Å². The second-order valence-electron chi connectivity index (χ2n) is 9.22. The van der Waals surface area contributed by atoms with Crippen molar-refractivity contribution in [2.75, 3.05) is 38.0 Å². The van der Waals surface area contributed by atoms with Gasteiger partial charge in [-0.3, -0.25) is 9.59 Å². The van der Waals surface area contributed by atoms with Crippen LogP contribution in [0.2, 0.25) is 5.02 Å². The van der Waals surface area contributed by atoms with Crippen molar-refractivity contribution in [2.24, 2.45) is 11.8 Å².